The molecular weight excluding hydrogens is 141 g/mol. The normalized spacial score (nSPS) is 9.73. The Balaban J connectivity index is 3.17. The molecule has 58 valence electrons. The number of para-hydroxylation sites is 1. The van der Waals surface area contributed by atoms with Crippen molar-refractivity contribution in [3.05, 3.63) is 23.8 Å². The fourth-order valence-electron chi connectivity index (χ4n) is 0.928. The molecule has 0 fully saturated rings. The van der Waals surface area contributed by atoms with E-state index in [0.29, 0.717) is 11.2 Å². The molecule has 1 rings (SSSR count). The molecule has 11 heavy (non-hydrogen) atoms. The van der Waals surface area contributed by atoms with E-state index in [1.165, 1.54) is 0 Å². The standard InChI is InChI=1S/C7H10BNO2/c1-5-3-2-4-6(7(5)9)8(10)11/h2-4,10-11H,9H2,1H3. The number of nitrogens with two attached hydrogens (primary N) is 1. The van der Waals surface area contributed by atoms with E-state index in [2.05, 4.69) is 0 Å². The smallest absolute Gasteiger partial charge is 0.423 e. The molecule has 1 aromatic carbocycles. The molecule has 0 aliphatic heterocycles. The third-order valence-corrected chi connectivity index (χ3v) is 1.64. The molecule has 0 heterocycles. The summed E-state index contributed by atoms with van der Waals surface area (Å²) in [6, 6.07) is 5.15. The second-order valence-electron chi connectivity index (χ2n) is 2.45. The van der Waals surface area contributed by atoms with Gasteiger partial charge in [-0.3, -0.25) is 0 Å². The van der Waals surface area contributed by atoms with Crippen LogP contribution in [-0.2, 0) is 0 Å². The molecule has 0 aliphatic rings. The maximum Gasteiger partial charge on any atom is 0.490 e. The summed E-state index contributed by atoms with van der Waals surface area (Å²) in [6.45, 7) is 1.82. The van der Waals surface area contributed by atoms with Crippen molar-refractivity contribution in [3.63, 3.8) is 0 Å². The van der Waals surface area contributed by atoms with Crippen molar-refractivity contribution in [2.45, 2.75) is 6.92 Å². The first-order chi connectivity index (χ1) is 5.13. The Morgan fingerprint density at radius 3 is 2.45 bits per heavy atom. The van der Waals surface area contributed by atoms with Crippen LogP contribution in [0.4, 0.5) is 5.69 Å². The van der Waals surface area contributed by atoms with Gasteiger partial charge in [0.05, 0.1) is 0 Å². The number of anilines is 1. The van der Waals surface area contributed by atoms with Gasteiger partial charge in [-0.2, -0.15) is 0 Å². The fourth-order valence-corrected chi connectivity index (χ4v) is 0.928. The highest BCUT2D eigenvalue weighted by Crippen LogP contribution is 2.05. The molecule has 0 atom stereocenters. The summed E-state index contributed by atoms with van der Waals surface area (Å²) in [5.41, 5.74) is 7.23. The second-order valence-corrected chi connectivity index (χ2v) is 2.45. The first-order valence-electron chi connectivity index (χ1n) is 3.34. The van der Waals surface area contributed by atoms with Crippen LogP contribution in [0.1, 0.15) is 5.56 Å². The molecule has 4 heteroatoms. The highest BCUT2D eigenvalue weighted by Gasteiger charge is 2.14. The number of aryl methyl sites for hydroxylation is 1. The maximum atomic E-state index is 8.80. The summed E-state index contributed by atoms with van der Waals surface area (Å²) < 4.78 is 0. The molecule has 0 aromatic heterocycles. The van der Waals surface area contributed by atoms with Gasteiger partial charge in [-0.1, -0.05) is 18.2 Å². The van der Waals surface area contributed by atoms with Gasteiger partial charge in [-0.25, -0.2) is 0 Å². The SMILES string of the molecule is Cc1cccc(B(O)O)c1N. The highest BCUT2D eigenvalue weighted by atomic mass is 16.4. The summed E-state index contributed by atoms with van der Waals surface area (Å²) in [6.07, 6.45) is 0. The molecule has 0 saturated carbocycles. The van der Waals surface area contributed by atoms with E-state index in [0.717, 1.165) is 5.56 Å². The molecule has 0 saturated heterocycles. The van der Waals surface area contributed by atoms with Gasteiger partial charge in [0.25, 0.3) is 0 Å². The van der Waals surface area contributed by atoms with Gasteiger partial charge >= 0.3 is 7.12 Å². The Kier molecular flexibility index (Phi) is 2.17. The third kappa shape index (κ3) is 1.53. The summed E-state index contributed by atoms with van der Waals surface area (Å²) in [4.78, 5) is 0. The zero-order valence-corrected chi connectivity index (χ0v) is 6.28. The lowest BCUT2D eigenvalue weighted by Crippen LogP contribution is -2.32. The van der Waals surface area contributed by atoms with Gasteiger partial charge in [-0.15, -0.1) is 0 Å². The number of rotatable bonds is 1. The van der Waals surface area contributed by atoms with E-state index in [4.69, 9.17) is 15.8 Å². The van der Waals surface area contributed by atoms with E-state index in [9.17, 15) is 0 Å². The Hall–Kier alpha value is -0.995. The van der Waals surface area contributed by atoms with Crippen LogP contribution in [0.2, 0.25) is 0 Å². The maximum absolute atomic E-state index is 8.80. The minimum atomic E-state index is -1.48. The Bertz CT molecular complexity index is 263. The van der Waals surface area contributed by atoms with Crippen LogP contribution < -0.4 is 11.2 Å². The van der Waals surface area contributed by atoms with E-state index in [1.54, 1.807) is 12.1 Å². The fraction of sp³-hybridized carbons (Fsp3) is 0.143. The van der Waals surface area contributed by atoms with Crippen molar-refractivity contribution in [2.24, 2.45) is 0 Å². The van der Waals surface area contributed by atoms with Crippen LogP contribution in [0.3, 0.4) is 0 Å². The first-order valence-corrected chi connectivity index (χ1v) is 3.34. The predicted octanol–water partition coefficient (Wildman–Crippen LogP) is -0.743. The molecule has 3 nitrogen and oxygen atoms in total. The summed E-state index contributed by atoms with van der Waals surface area (Å²) >= 11 is 0. The third-order valence-electron chi connectivity index (χ3n) is 1.64. The van der Waals surface area contributed by atoms with Gasteiger partial charge in [0.1, 0.15) is 0 Å². The molecule has 4 N–H and O–H groups in total. The van der Waals surface area contributed by atoms with Gasteiger partial charge in [0.15, 0.2) is 0 Å². The van der Waals surface area contributed by atoms with Crippen molar-refractivity contribution >= 4 is 18.3 Å². The largest absolute Gasteiger partial charge is 0.490 e. The second kappa shape index (κ2) is 2.94. The number of hydrogen-bond donors (Lipinski definition) is 3. The lowest BCUT2D eigenvalue weighted by atomic mass is 9.78. The molecule has 0 bridgehead atoms. The van der Waals surface area contributed by atoms with Crippen molar-refractivity contribution in [1.82, 2.24) is 0 Å². The van der Waals surface area contributed by atoms with Crippen molar-refractivity contribution in [3.8, 4) is 0 Å². The minimum Gasteiger partial charge on any atom is -0.423 e. The van der Waals surface area contributed by atoms with Gasteiger partial charge in [-0.05, 0) is 12.5 Å². The van der Waals surface area contributed by atoms with E-state index in [-0.39, 0.29) is 0 Å². The monoisotopic (exact) mass is 151 g/mol. The van der Waals surface area contributed by atoms with Crippen LogP contribution >= 0.6 is 0 Å². The molecule has 0 unspecified atom stereocenters. The Morgan fingerprint density at radius 1 is 1.36 bits per heavy atom. The predicted molar refractivity (Wildman–Crippen MR) is 45.4 cm³/mol. The van der Waals surface area contributed by atoms with E-state index in [1.807, 2.05) is 13.0 Å². The lowest BCUT2D eigenvalue weighted by Gasteiger charge is -2.05. The number of hydrogen-bond acceptors (Lipinski definition) is 3. The quantitative estimate of drug-likeness (QED) is 0.365. The van der Waals surface area contributed by atoms with Gasteiger partial charge in [0.2, 0.25) is 0 Å². The topological polar surface area (TPSA) is 66.5 Å². The summed E-state index contributed by atoms with van der Waals surface area (Å²) in [7, 11) is -1.48. The number of benzene rings is 1. The van der Waals surface area contributed by atoms with E-state index < -0.39 is 7.12 Å². The minimum absolute atomic E-state index is 0.366. The zero-order valence-electron chi connectivity index (χ0n) is 6.28. The Labute approximate surface area is 65.6 Å². The molecule has 0 spiro atoms. The zero-order chi connectivity index (χ0) is 8.43. The van der Waals surface area contributed by atoms with Crippen LogP contribution in [0.25, 0.3) is 0 Å². The van der Waals surface area contributed by atoms with Crippen molar-refractivity contribution in [1.29, 1.82) is 0 Å². The summed E-state index contributed by atoms with van der Waals surface area (Å²) in [5.74, 6) is 0. The van der Waals surface area contributed by atoms with Crippen LogP contribution in [0, 0.1) is 6.92 Å². The molecule has 1 aromatic rings. The van der Waals surface area contributed by atoms with Crippen LogP contribution in [-0.4, -0.2) is 17.2 Å². The van der Waals surface area contributed by atoms with Gasteiger partial charge in [0, 0.05) is 11.2 Å². The van der Waals surface area contributed by atoms with E-state index >= 15 is 0 Å². The average molecular weight is 151 g/mol. The van der Waals surface area contributed by atoms with Gasteiger partial charge < -0.3 is 15.8 Å². The van der Waals surface area contributed by atoms with Crippen LogP contribution in [0.5, 0.6) is 0 Å². The number of nitrogen functional groups attached to an aromatic ring is 1. The Morgan fingerprint density at radius 2 is 2.00 bits per heavy atom. The van der Waals surface area contributed by atoms with Crippen molar-refractivity contribution in [2.75, 3.05) is 5.73 Å². The highest BCUT2D eigenvalue weighted by molar-refractivity contribution is 6.60. The lowest BCUT2D eigenvalue weighted by molar-refractivity contribution is 0.426. The molecule has 0 aliphatic carbocycles. The van der Waals surface area contributed by atoms with Crippen molar-refractivity contribution < 1.29 is 10.0 Å². The molecule has 0 amide bonds. The molecule has 0 radical (unpaired) electrons. The first kappa shape index (κ1) is 8.10. The van der Waals surface area contributed by atoms with Crippen LogP contribution in [0.15, 0.2) is 18.2 Å². The molecular formula is C7H10BNO2. The average Bonchev–Trinajstić information content (AvgIpc) is 1.94. The summed E-state index contributed by atoms with van der Waals surface area (Å²) in [5, 5.41) is 17.6.